The summed E-state index contributed by atoms with van der Waals surface area (Å²) in [5.41, 5.74) is 2.44. The van der Waals surface area contributed by atoms with Crippen molar-refractivity contribution in [2.45, 2.75) is 33.4 Å². The van der Waals surface area contributed by atoms with Gasteiger partial charge >= 0.3 is 0 Å². The van der Waals surface area contributed by atoms with Crippen LogP contribution in [0.15, 0.2) is 28.7 Å². The van der Waals surface area contributed by atoms with Gasteiger partial charge in [0, 0.05) is 21.9 Å². The predicted octanol–water partition coefficient (Wildman–Crippen LogP) is 4.37. The van der Waals surface area contributed by atoms with Crippen molar-refractivity contribution in [1.82, 2.24) is 10.3 Å². The molecule has 1 N–H and O–H groups in total. The molecule has 0 radical (unpaired) electrons. The molecule has 1 aromatic heterocycles. The van der Waals surface area contributed by atoms with Crippen LogP contribution in [0.2, 0.25) is 0 Å². The van der Waals surface area contributed by atoms with Gasteiger partial charge in [-0.05, 0) is 38.5 Å². The summed E-state index contributed by atoms with van der Waals surface area (Å²) in [6, 6.07) is 8.76. The van der Waals surface area contributed by atoms with Crippen molar-refractivity contribution in [3.63, 3.8) is 0 Å². The summed E-state index contributed by atoms with van der Waals surface area (Å²) in [6.07, 6.45) is 0. The number of nitrogens with one attached hydrogen (secondary N) is 1. The Kier molecular flexibility index (Phi) is 4.54. The molecule has 0 spiro atoms. The minimum absolute atomic E-state index is 0.336. The van der Waals surface area contributed by atoms with Crippen LogP contribution >= 0.6 is 27.3 Å². The number of halogens is 1. The fourth-order valence-corrected chi connectivity index (χ4v) is 2.87. The molecule has 1 aromatic carbocycles. The topological polar surface area (TPSA) is 24.9 Å². The van der Waals surface area contributed by atoms with E-state index in [1.165, 1.54) is 10.4 Å². The summed E-state index contributed by atoms with van der Waals surface area (Å²) < 4.78 is 1.12. The molecule has 96 valence electrons. The van der Waals surface area contributed by atoms with Gasteiger partial charge in [-0.25, -0.2) is 4.98 Å². The molecule has 0 saturated heterocycles. The zero-order valence-corrected chi connectivity index (χ0v) is 13.2. The van der Waals surface area contributed by atoms with E-state index in [0.29, 0.717) is 6.04 Å². The van der Waals surface area contributed by atoms with Crippen molar-refractivity contribution in [3.05, 3.63) is 49.9 Å². The Labute approximate surface area is 121 Å². The normalized spacial score (nSPS) is 12.7. The van der Waals surface area contributed by atoms with Crippen LogP contribution < -0.4 is 5.32 Å². The molecule has 0 saturated carbocycles. The van der Waals surface area contributed by atoms with E-state index in [4.69, 9.17) is 0 Å². The number of rotatable bonds is 4. The minimum Gasteiger partial charge on any atom is -0.304 e. The second-order valence-electron chi connectivity index (χ2n) is 4.40. The molecule has 0 aliphatic carbocycles. The third-order valence-electron chi connectivity index (χ3n) is 3.00. The Morgan fingerprint density at radius 2 is 1.94 bits per heavy atom. The Bertz CT molecular complexity index is 500. The zero-order chi connectivity index (χ0) is 13.1. The second-order valence-corrected chi connectivity index (χ2v) is 6.61. The molecule has 0 unspecified atom stereocenters. The van der Waals surface area contributed by atoms with E-state index in [1.54, 1.807) is 11.3 Å². The predicted molar refractivity (Wildman–Crippen MR) is 81.0 cm³/mol. The summed E-state index contributed by atoms with van der Waals surface area (Å²) in [7, 11) is 0. The molecule has 4 heteroatoms. The largest absolute Gasteiger partial charge is 0.304 e. The van der Waals surface area contributed by atoms with Crippen LogP contribution in [0.4, 0.5) is 0 Å². The Hall–Kier alpha value is -0.710. The quantitative estimate of drug-likeness (QED) is 0.903. The maximum absolute atomic E-state index is 4.54. The molecular formula is C14H17BrN2S. The third-order valence-corrected chi connectivity index (χ3v) is 4.60. The van der Waals surface area contributed by atoms with Crippen LogP contribution in [-0.2, 0) is 6.54 Å². The molecule has 2 nitrogen and oxygen atoms in total. The average molecular weight is 325 g/mol. The van der Waals surface area contributed by atoms with Gasteiger partial charge in [-0.3, -0.25) is 0 Å². The summed E-state index contributed by atoms with van der Waals surface area (Å²) in [5, 5.41) is 4.67. The number of aryl methyl sites for hydroxylation is 2. The molecule has 0 aliphatic heterocycles. The lowest BCUT2D eigenvalue weighted by atomic mass is 10.1. The highest BCUT2D eigenvalue weighted by Gasteiger charge is 2.07. The van der Waals surface area contributed by atoms with E-state index in [1.807, 2.05) is 0 Å². The highest BCUT2D eigenvalue weighted by atomic mass is 79.9. The first-order valence-corrected chi connectivity index (χ1v) is 7.59. The smallest absolute Gasteiger partial charge is 0.107 e. The van der Waals surface area contributed by atoms with Gasteiger partial charge in [-0.1, -0.05) is 28.1 Å². The first-order valence-electron chi connectivity index (χ1n) is 5.98. The van der Waals surface area contributed by atoms with Crippen molar-refractivity contribution in [3.8, 4) is 0 Å². The SMILES string of the molecule is Cc1nc(CN[C@@H](C)c2ccc(Br)cc2)sc1C. The van der Waals surface area contributed by atoms with Crippen LogP contribution in [0.3, 0.4) is 0 Å². The minimum atomic E-state index is 0.336. The number of hydrogen-bond donors (Lipinski definition) is 1. The van der Waals surface area contributed by atoms with Gasteiger partial charge < -0.3 is 5.32 Å². The van der Waals surface area contributed by atoms with E-state index in [-0.39, 0.29) is 0 Å². The van der Waals surface area contributed by atoms with Gasteiger partial charge in [0.05, 0.1) is 5.69 Å². The van der Waals surface area contributed by atoms with Crippen molar-refractivity contribution in [2.75, 3.05) is 0 Å². The summed E-state index contributed by atoms with van der Waals surface area (Å²) in [4.78, 5) is 5.85. The molecule has 0 bridgehead atoms. The van der Waals surface area contributed by atoms with Crippen molar-refractivity contribution in [2.24, 2.45) is 0 Å². The van der Waals surface area contributed by atoms with E-state index >= 15 is 0 Å². The Morgan fingerprint density at radius 1 is 1.28 bits per heavy atom. The monoisotopic (exact) mass is 324 g/mol. The van der Waals surface area contributed by atoms with Crippen molar-refractivity contribution in [1.29, 1.82) is 0 Å². The van der Waals surface area contributed by atoms with Gasteiger partial charge in [0.15, 0.2) is 0 Å². The van der Waals surface area contributed by atoms with E-state index in [9.17, 15) is 0 Å². The number of aromatic nitrogens is 1. The van der Waals surface area contributed by atoms with Gasteiger partial charge in [-0.15, -0.1) is 11.3 Å². The zero-order valence-electron chi connectivity index (χ0n) is 10.8. The molecule has 0 amide bonds. The second kappa shape index (κ2) is 5.95. The van der Waals surface area contributed by atoms with Crippen LogP contribution in [0.1, 0.15) is 34.1 Å². The molecule has 0 aliphatic rings. The van der Waals surface area contributed by atoms with Crippen molar-refractivity contribution >= 4 is 27.3 Å². The molecule has 2 aromatic rings. The Morgan fingerprint density at radius 3 is 2.50 bits per heavy atom. The molecule has 1 atom stereocenters. The van der Waals surface area contributed by atoms with Crippen LogP contribution in [0.25, 0.3) is 0 Å². The third kappa shape index (κ3) is 3.40. The van der Waals surface area contributed by atoms with E-state index in [2.05, 4.69) is 71.3 Å². The van der Waals surface area contributed by atoms with Crippen LogP contribution in [0.5, 0.6) is 0 Å². The van der Waals surface area contributed by atoms with E-state index in [0.717, 1.165) is 21.7 Å². The highest BCUT2D eigenvalue weighted by molar-refractivity contribution is 9.10. The maximum atomic E-state index is 4.54. The standard InChI is InChI=1S/C14H17BrN2S/c1-9-11(3)18-14(17-9)8-16-10(2)12-4-6-13(15)7-5-12/h4-7,10,16H,8H2,1-3H3/t10-/m0/s1. The lowest BCUT2D eigenvalue weighted by Gasteiger charge is -2.13. The average Bonchev–Trinajstić information content (AvgIpc) is 2.67. The highest BCUT2D eigenvalue weighted by Crippen LogP contribution is 2.19. The van der Waals surface area contributed by atoms with Gasteiger partial charge in [0.2, 0.25) is 0 Å². The number of thiazole rings is 1. The van der Waals surface area contributed by atoms with Gasteiger partial charge in [0.25, 0.3) is 0 Å². The van der Waals surface area contributed by atoms with Gasteiger partial charge in [-0.2, -0.15) is 0 Å². The first-order chi connectivity index (χ1) is 8.56. The molecular weight excluding hydrogens is 308 g/mol. The van der Waals surface area contributed by atoms with Crippen LogP contribution in [0, 0.1) is 13.8 Å². The number of hydrogen-bond acceptors (Lipinski definition) is 3. The fraction of sp³-hybridized carbons (Fsp3) is 0.357. The first kappa shape index (κ1) is 13.7. The lowest BCUT2D eigenvalue weighted by molar-refractivity contribution is 0.573. The van der Waals surface area contributed by atoms with Gasteiger partial charge in [0.1, 0.15) is 5.01 Å². The molecule has 18 heavy (non-hydrogen) atoms. The summed E-state index contributed by atoms with van der Waals surface area (Å²) in [6.45, 7) is 7.19. The summed E-state index contributed by atoms with van der Waals surface area (Å²) >= 11 is 5.23. The number of nitrogens with zero attached hydrogens (tertiary/aromatic N) is 1. The molecule has 1 heterocycles. The lowest BCUT2D eigenvalue weighted by Crippen LogP contribution is -2.17. The fourth-order valence-electron chi connectivity index (χ4n) is 1.72. The molecule has 2 rings (SSSR count). The number of benzene rings is 1. The summed E-state index contributed by atoms with van der Waals surface area (Å²) in [5.74, 6) is 0. The van der Waals surface area contributed by atoms with Crippen LogP contribution in [-0.4, -0.2) is 4.98 Å². The van der Waals surface area contributed by atoms with E-state index < -0.39 is 0 Å². The molecule has 0 fully saturated rings. The Balaban J connectivity index is 1.95. The van der Waals surface area contributed by atoms with Crippen molar-refractivity contribution < 1.29 is 0 Å². The maximum Gasteiger partial charge on any atom is 0.107 e.